The van der Waals surface area contributed by atoms with Crippen LogP contribution in [0.15, 0.2) is 18.2 Å². The molecule has 1 N–H and O–H groups in total. The molecule has 126 valence electrons. The SMILES string of the molecule is CNc1ccc(CO[Si](C)(C)C(C)(C)C)c(C(OC)OC)c1. The Morgan fingerprint density at radius 2 is 1.73 bits per heavy atom. The predicted octanol–water partition coefficient (Wildman–Crippen LogP) is 4.54. The first-order valence-electron chi connectivity index (χ1n) is 7.66. The monoisotopic (exact) mass is 325 g/mol. The zero-order chi connectivity index (χ0) is 17.0. The van der Waals surface area contributed by atoms with Gasteiger partial charge in [-0.1, -0.05) is 26.8 Å². The maximum atomic E-state index is 6.34. The lowest BCUT2D eigenvalue weighted by molar-refractivity contribution is -0.106. The van der Waals surface area contributed by atoms with Crippen LogP contribution in [0.4, 0.5) is 5.69 Å². The molecule has 0 spiro atoms. The molecule has 0 radical (unpaired) electrons. The molecule has 0 fully saturated rings. The Hall–Kier alpha value is -0.883. The minimum absolute atomic E-state index is 0.194. The summed E-state index contributed by atoms with van der Waals surface area (Å²) in [6, 6.07) is 6.19. The lowest BCUT2D eigenvalue weighted by atomic mass is 10.1. The van der Waals surface area contributed by atoms with E-state index >= 15 is 0 Å². The topological polar surface area (TPSA) is 39.7 Å². The highest BCUT2D eigenvalue weighted by molar-refractivity contribution is 6.74. The Balaban J connectivity index is 3.04. The number of nitrogens with one attached hydrogen (secondary N) is 1. The van der Waals surface area contributed by atoms with Crippen molar-refractivity contribution >= 4 is 14.0 Å². The van der Waals surface area contributed by atoms with E-state index in [2.05, 4.69) is 57.4 Å². The average Bonchev–Trinajstić information content (AvgIpc) is 2.45. The molecule has 0 bridgehead atoms. The molecule has 0 aromatic heterocycles. The molecule has 1 aromatic carbocycles. The van der Waals surface area contributed by atoms with Gasteiger partial charge in [-0.15, -0.1) is 0 Å². The summed E-state index contributed by atoms with van der Waals surface area (Å²) in [4.78, 5) is 0. The number of ether oxygens (including phenoxy) is 2. The van der Waals surface area contributed by atoms with E-state index in [1.54, 1.807) is 14.2 Å². The van der Waals surface area contributed by atoms with E-state index < -0.39 is 8.32 Å². The van der Waals surface area contributed by atoms with Crippen LogP contribution in [0, 0.1) is 0 Å². The Morgan fingerprint density at radius 3 is 2.18 bits per heavy atom. The lowest BCUT2D eigenvalue weighted by Gasteiger charge is -2.36. The summed E-state index contributed by atoms with van der Waals surface area (Å²) in [5, 5.41) is 3.35. The first-order chi connectivity index (χ1) is 10.2. The molecular weight excluding hydrogens is 294 g/mol. The van der Waals surface area contributed by atoms with E-state index in [4.69, 9.17) is 13.9 Å². The molecular formula is C17H31NO3Si. The van der Waals surface area contributed by atoms with Gasteiger partial charge in [-0.25, -0.2) is 0 Å². The molecule has 22 heavy (non-hydrogen) atoms. The number of hydrogen-bond donors (Lipinski definition) is 1. The summed E-state index contributed by atoms with van der Waals surface area (Å²) < 4.78 is 17.2. The Kier molecular flexibility index (Phi) is 6.61. The lowest BCUT2D eigenvalue weighted by Crippen LogP contribution is -2.40. The van der Waals surface area contributed by atoms with Crippen LogP contribution in [-0.4, -0.2) is 29.6 Å². The number of anilines is 1. The molecule has 0 amide bonds. The second kappa shape index (κ2) is 7.59. The first kappa shape index (κ1) is 19.2. The Morgan fingerprint density at radius 1 is 1.14 bits per heavy atom. The van der Waals surface area contributed by atoms with E-state index in [1.807, 2.05) is 7.05 Å². The molecule has 1 rings (SSSR count). The van der Waals surface area contributed by atoms with Gasteiger partial charge in [0.15, 0.2) is 14.6 Å². The van der Waals surface area contributed by atoms with Gasteiger partial charge in [0.2, 0.25) is 0 Å². The van der Waals surface area contributed by atoms with Crippen LogP contribution in [-0.2, 0) is 20.5 Å². The second-order valence-corrected chi connectivity index (χ2v) is 11.8. The molecule has 0 atom stereocenters. The third kappa shape index (κ3) is 4.55. The number of rotatable bonds is 7. The van der Waals surface area contributed by atoms with Gasteiger partial charge in [0.1, 0.15) is 0 Å². The first-order valence-corrected chi connectivity index (χ1v) is 10.6. The summed E-state index contributed by atoms with van der Waals surface area (Å²) in [7, 11) is 3.42. The maximum Gasteiger partial charge on any atom is 0.192 e. The van der Waals surface area contributed by atoms with Crippen molar-refractivity contribution in [3.63, 3.8) is 0 Å². The van der Waals surface area contributed by atoms with Crippen molar-refractivity contribution in [1.82, 2.24) is 0 Å². The normalized spacial score (nSPS) is 12.8. The van der Waals surface area contributed by atoms with Crippen LogP contribution in [0.1, 0.15) is 38.2 Å². The largest absolute Gasteiger partial charge is 0.413 e. The van der Waals surface area contributed by atoms with E-state index in [-0.39, 0.29) is 11.3 Å². The van der Waals surface area contributed by atoms with Crippen molar-refractivity contribution in [3.05, 3.63) is 29.3 Å². The van der Waals surface area contributed by atoms with Gasteiger partial charge in [0.25, 0.3) is 0 Å². The van der Waals surface area contributed by atoms with Crippen LogP contribution in [0.25, 0.3) is 0 Å². The van der Waals surface area contributed by atoms with Crippen LogP contribution in [0.5, 0.6) is 0 Å². The minimum Gasteiger partial charge on any atom is -0.413 e. The molecule has 1 aromatic rings. The quantitative estimate of drug-likeness (QED) is 0.590. The van der Waals surface area contributed by atoms with Crippen molar-refractivity contribution < 1.29 is 13.9 Å². The summed E-state index contributed by atoms with van der Waals surface area (Å²) in [5.74, 6) is 0. The van der Waals surface area contributed by atoms with Crippen LogP contribution in [0.2, 0.25) is 18.1 Å². The fourth-order valence-corrected chi connectivity index (χ4v) is 2.88. The highest BCUT2D eigenvalue weighted by atomic mass is 28.4. The van der Waals surface area contributed by atoms with Gasteiger partial charge < -0.3 is 19.2 Å². The Labute approximate surface area is 136 Å². The van der Waals surface area contributed by atoms with Crippen molar-refractivity contribution in [1.29, 1.82) is 0 Å². The molecule has 0 heterocycles. The summed E-state index contributed by atoms with van der Waals surface area (Å²) in [5.41, 5.74) is 3.15. The fourth-order valence-electron chi connectivity index (χ4n) is 1.93. The smallest absolute Gasteiger partial charge is 0.192 e. The van der Waals surface area contributed by atoms with Gasteiger partial charge in [-0.05, 0) is 35.8 Å². The number of methoxy groups -OCH3 is 2. The standard InChI is InChI=1S/C17H31NO3Si/c1-17(2,3)22(7,8)21-12-13-9-10-14(18-4)11-15(13)16(19-5)20-6/h9-11,16,18H,12H2,1-8H3. The van der Waals surface area contributed by atoms with Crippen LogP contribution in [0.3, 0.4) is 0 Å². The summed E-state index contributed by atoms with van der Waals surface area (Å²) in [6.45, 7) is 11.8. The third-order valence-corrected chi connectivity index (χ3v) is 8.99. The molecule has 0 aliphatic carbocycles. The second-order valence-electron chi connectivity index (χ2n) is 7.02. The molecule has 0 saturated carbocycles. The molecule has 4 nitrogen and oxygen atoms in total. The van der Waals surface area contributed by atoms with Crippen LogP contribution >= 0.6 is 0 Å². The summed E-state index contributed by atoms with van der Waals surface area (Å²) >= 11 is 0. The maximum absolute atomic E-state index is 6.34. The molecule has 0 aliphatic rings. The zero-order valence-corrected chi connectivity index (χ0v) is 16.2. The number of benzene rings is 1. The minimum atomic E-state index is -1.78. The predicted molar refractivity (Wildman–Crippen MR) is 94.7 cm³/mol. The summed E-state index contributed by atoms with van der Waals surface area (Å²) in [6.07, 6.45) is -0.383. The van der Waals surface area contributed by atoms with E-state index in [0.717, 1.165) is 16.8 Å². The van der Waals surface area contributed by atoms with Crippen molar-refractivity contribution in [2.24, 2.45) is 0 Å². The van der Waals surface area contributed by atoms with Crippen molar-refractivity contribution in [3.8, 4) is 0 Å². The van der Waals surface area contributed by atoms with E-state index in [9.17, 15) is 0 Å². The zero-order valence-electron chi connectivity index (χ0n) is 15.2. The van der Waals surface area contributed by atoms with Gasteiger partial charge in [-0.3, -0.25) is 0 Å². The third-order valence-electron chi connectivity index (χ3n) is 4.51. The fraction of sp³-hybridized carbons (Fsp3) is 0.647. The van der Waals surface area contributed by atoms with E-state index in [0.29, 0.717) is 6.61 Å². The van der Waals surface area contributed by atoms with Gasteiger partial charge in [0, 0.05) is 32.5 Å². The van der Waals surface area contributed by atoms with Gasteiger partial charge >= 0.3 is 0 Å². The number of hydrogen-bond acceptors (Lipinski definition) is 4. The molecule has 0 saturated heterocycles. The highest BCUT2D eigenvalue weighted by Gasteiger charge is 2.37. The molecule has 0 unspecified atom stereocenters. The average molecular weight is 326 g/mol. The molecule has 5 heteroatoms. The highest BCUT2D eigenvalue weighted by Crippen LogP contribution is 2.37. The van der Waals surface area contributed by atoms with Crippen molar-refractivity contribution in [2.45, 2.75) is 51.8 Å². The van der Waals surface area contributed by atoms with Gasteiger partial charge in [0.05, 0.1) is 6.61 Å². The Bertz CT molecular complexity index is 479. The van der Waals surface area contributed by atoms with E-state index in [1.165, 1.54) is 0 Å². The van der Waals surface area contributed by atoms with Gasteiger partial charge in [-0.2, -0.15) is 0 Å². The molecule has 0 aliphatic heterocycles. The van der Waals surface area contributed by atoms with Crippen LogP contribution < -0.4 is 5.32 Å². The van der Waals surface area contributed by atoms with Crippen molar-refractivity contribution in [2.75, 3.05) is 26.6 Å².